The number of aromatic nitrogens is 3. The molecule has 0 spiro atoms. The maximum absolute atomic E-state index is 10.1. The van der Waals surface area contributed by atoms with Crippen molar-refractivity contribution in [2.24, 2.45) is 0 Å². The molecule has 0 aliphatic carbocycles. The molecule has 0 saturated carbocycles. The van der Waals surface area contributed by atoms with Crippen LogP contribution in [0.15, 0.2) is 0 Å². The van der Waals surface area contributed by atoms with Crippen LogP contribution in [0.25, 0.3) is 0 Å². The highest BCUT2D eigenvalue weighted by atomic mass is 16.5. The lowest BCUT2D eigenvalue weighted by Crippen LogP contribution is -2.30. The molecule has 1 aromatic heterocycles. The Hall–Kier alpha value is -1.63. The third kappa shape index (κ3) is 4.42. The van der Waals surface area contributed by atoms with Crippen molar-refractivity contribution in [3.05, 3.63) is 0 Å². The van der Waals surface area contributed by atoms with E-state index < -0.39 is 5.60 Å². The summed E-state index contributed by atoms with van der Waals surface area (Å²) in [6.07, 6.45) is 2.60. The summed E-state index contributed by atoms with van der Waals surface area (Å²) in [4.78, 5) is 15.0. The second-order valence-corrected chi connectivity index (χ2v) is 5.69. The molecule has 1 fully saturated rings. The third-order valence-electron chi connectivity index (χ3n) is 3.31. The SMILES string of the molecule is CCCNc1nc(OCCC)nc(N2CCC(C)(O)C2)n1. The van der Waals surface area contributed by atoms with E-state index >= 15 is 0 Å². The quantitative estimate of drug-likeness (QED) is 0.787. The van der Waals surface area contributed by atoms with Gasteiger partial charge in [-0.3, -0.25) is 0 Å². The van der Waals surface area contributed by atoms with E-state index in [1.807, 2.05) is 18.7 Å². The number of hydrogen-bond donors (Lipinski definition) is 2. The summed E-state index contributed by atoms with van der Waals surface area (Å²) in [5, 5.41) is 13.3. The van der Waals surface area contributed by atoms with Crippen LogP contribution in [-0.4, -0.2) is 51.9 Å². The molecule has 21 heavy (non-hydrogen) atoms. The lowest BCUT2D eigenvalue weighted by molar-refractivity contribution is 0.0838. The molecule has 2 N–H and O–H groups in total. The second kappa shape index (κ2) is 6.89. The van der Waals surface area contributed by atoms with E-state index in [2.05, 4.69) is 27.2 Å². The van der Waals surface area contributed by atoms with Gasteiger partial charge in [0.2, 0.25) is 11.9 Å². The van der Waals surface area contributed by atoms with Crippen molar-refractivity contribution in [3.8, 4) is 6.01 Å². The molecule has 118 valence electrons. The molecule has 0 amide bonds. The summed E-state index contributed by atoms with van der Waals surface area (Å²) in [6.45, 7) is 8.59. The molecule has 0 bridgehead atoms. The molecule has 1 aliphatic heterocycles. The lowest BCUT2D eigenvalue weighted by atomic mass is 10.1. The zero-order valence-corrected chi connectivity index (χ0v) is 13.1. The van der Waals surface area contributed by atoms with Crippen LogP contribution in [0, 0.1) is 0 Å². The predicted molar refractivity (Wildman–Crippen MR) is 81.8 cm³/mol. The molecule has 7 heteroatoms. The average molecular weight is 295 g/mol. The van der Waals surface area contributed by atoms with E-state index in [9.17, 15) is 5.11 Å². The van der Waals surface area contributed by atoms with Gasteiger partial charge in [0.05, 0.1) is 12.2 Å². The van der Waals surface area contributed by atoms with Crippen molar-refractivity contribution < 1.29 is 9.84 Å². The largest absolute Gasteiger partial charge is 0.463 e. The highest BCUT2D eigenvalue weighted by Crippen LogP contribution is 2.25. The molecule has 7 nitrogen and oxygen atoms in total. The van der Waals surface area contributed by atoms with Crippen LogP contribution in [0.2, 0.25) is 0 Å². The van der Waals surface area contributed by atoms with E-state index in [-0.39, 0.29) is 0 Å². The van der Waals surface area contributed by atoms with Crippen LogP contribution in [0.3, 0.4) is 0 Å². The maximum atomic E-state index is 10.1. The van der Waals surface area contributed by atoms with Gasteiger partial charge in [0.25, 0.3) is 0 Å². The Kier molecular flexibility index (Phi) is 5.17. The van der Waals surface area contributed by atoms with Gasteiger partial charge in [-0.15, -0.1) is 0 Å². The number of nitrogens with zero attached hydrogens (tertiary/aromatic N) is 4. The van der Waals surface area contributed by atoms with Crippen LogP contribution in [0.5, 0.6) is 6.01 Å². The zero-order chi connectivity index (χ0) is 15.3. The summed E-state index contributed by atoms with van der Waals surface area (Å²) >= 11 is 0. The minimum absolute atomic E-state index is 0.340. The molecule has 0 radical (unpaired) electrons. The number of hydrogen-bond acceptors (Lipinski definition) is 7. The first kappa shape index (κ1) is 15.8. The molecule has 1 unspecified atom stereocenters. The fourth-order valence-corrected chi connectivity index (χ4v) is 2.18. The maximum Gasteiger partial charge on any atom is 0.323 e. The van der Waals surface area contributed by atoms with Gasteiger partial charge in [-0.05, 0) is 26.2 Å². The molecule has 2 rings (SSSR count). The third-order valence-corrected chi connectivity index (χ3v) is 3.31. The average Bonchev–Trinajstić information content (AvgIpc) is 2.83. The molecular formula is C14H25N5O2. The summed E-state index contributed by atoms with van der Waals surface area (Å²) in [5.41, 5.74) is -0.686. The molecule has 0 aromatic carbocycles. The monoisotopic (exact) mass is 295 g/mol. The van der Waals surface area contributed by atoms with E-state index in [1.54, 1.807) is 0 Å². The highest BCUT2D eigenvalue weighted by Gasteiger charge is 2.33. The summed E-state index contributed by atoms with van der Waals surface area (Å²) in [7, 11) is 0. The van der Waals surface area contributed by atoms with Crippen molar-refractivity contribution in [2.75, 3.05) is 36.5 Å². The van der Waals surface area contributed by atoms with Crippen molar-refractivity contribution in [1.82, 2.24) is 15.0 Å². The van der Waals surface area contributed by atoms with E-state index in [0.29, 0.717) is 37.5 Å². The van der Waals surface area contributed by atoms with Gasteiger partial charge in [0.15, 0.2) is 0 Å². The molecule has 1 aromatic rings. The predicted octanol–water partition coefficient (Wildman–Crippen LogP) is 1.44. The number of rotatable bonds is 7. The standard InChI is InChI=1S/C14H25N5O2/c1-4-7-15-11-16-12(18-13(17-11)21-9-5-2)19-8-6-14(3,20)10-19/h20H,4-10H2,1-3H3,(H,15,16,17,18). The van der Waals surface area contributed by atoms with Crippen LogP contribution in [-0.2, 0) is 0 Å². The van der Waals surface area contributed by atoms with Gasteiger partial charge in [0.1, 0.15) is 0 Å². The second-order valence-electron chi connectivity index (χ2n) is 5.69. The molecular weight excluding hydrogens is 270 g/mol. The van der Waals surface area contributed by atoms with Gasteiger partial charge in [-0.2, -0.15) is 15.0 Å². The van der Waals surface area contributed by atoms with Gasteiger partial charge in [-0.25, -0.2) is 0 Å². The van der Waals surface area contributed by atoms with E-state index in [1.165, 1.54) is 0 Å². The van der Waals surface area contributed by atoms with Crippen LogP contribution >= 0.6 is 0 Å². The summed E-state index contributed by atoms with van der Waals surface area (Å²) in [6, 6.07) is 0.340. The fraction of sp³-hybridized carbons (Fsp3) is 0.786. The molecule has 1 aliphatic rings. The first-order valence-corrected chi connectivity index (χ1v) is 7.64. The van der Waals surface area contributed by atoms with Gasteiger partial charge in [-0.1, -0.05) is 13.8 Å². The number of anilines is 2. The van der Waals surface area contributed by atoms with E-state index in [0.717, 1.165) is 25.9 Å². The smallest absolute Gasteiger partial charge is 0.323 e. The van der Waals surface area contributed by atoms with Crippen LogP contribution in [0.4, 0.5) is 11.9 Å². The van der Waals surface area contributed by atoms with Crippen molar-refractivity contribution in [3.63, 3.8) is 0 Å². The number of ether oxygens (including phenoxy) is 1. The Bertz CT molecular complexity index is 440. The van der Waals surface area contributed by atoms with Crippen molar-refractivity contribution >= 4 is 11.9 Å². The number of β-amino-alcohol motifs (C(OH)–C–C–N with tert-alkyl or cyclic N) is 1. The van der Waals surface area contributed by atoms with Gasteiger partial charge in [0, 0.05) is 19.6 Å². The van der Waals surface area contributed by atoms with Crippen LogP contribution < -0.4 is 15.0 Å². The van der Waals surface area contributed by atoms with Gasteiger partial charge >= 0.3 is 6.01 Å². The fourth-order valence-electron chi connectivity index (χ4n) is 2.18. The normalized spacial score (nSPS) is 21.6. The Balaban J connectivity index is 2.18. The molecule has 2 heterocycles. The molecule has 1 saturated heterocycles. The first-order chi connectivity index (χ1) is 10.0. The van der Waals surface area contributed by atoms with Gasteiger partial charge < -0.3 is 20.1 Å². The van der Waals surface area contributed by atoms with Crippen LogP contribution in [0.1, 0.15) is 40.0 Å². The van der Waals surface area contributed by atoms with E-state index in [4.69, 9.17) is 4.74 Å². The zero-order valence-electron chi connectivity index (χ0n) is 13.1. The van der Waals surface area contributed by atoms with Crippen molar-refractivity contribution in [2.45, 2.75) is 45.6 Å². The first-order valence-electron chi connectivity index (χ1n) is 7.64. The Morgan fingerprint density at radius 2 is 2.10 bits per heavy atom. The lowest BCUT2D eigenvalue weighted by Gasteiger charge is -2.19. The summed E-state index contributed by atoms with van der Waals surface area (Å²) in [5.74, 6) is 1.09. The number of nitrogens with one attached hydrogen (secondary N) is 1. The minimum Gasteiger partial charge on any atom is -0.463 e. The topological polar surface area (TPSA) is 83.4 Å². The Labute approximate surface area is 125 Å². The number of aliphatic hydroxyl groups is 1. The Morgan fingerprint density at radius 3 is 2.71 bits per heavy atom. The highest BCUT2D eigenvalue weighted by molar-refractivity contribution is 5.40. The van der Waals surface area contributed by atoms with Crippen molar-refractivity contribution in [1.29, 1.82) is 0 Å². The summed E-state index contributed by atoms with van der Waals surface area (Å²) < 4.78 is 5.54. The minimum atomic E-state index is -0.686. The molecule has 1 atom stereocenters. The Morgan fingerprint density at radius 1 is 1.29 bits per heavy atom.